The number of nitrogens with zero attached hydrogens (tertiary/aromatic N) is 2. The normalized spacial score (nSPS) is 15.7. The second-order valence-electron chi connectivity index (χ2n) is 9.53. The minimum atomic E-state index is -3.80. The van der Waals surface area contributed by atoms with Crippen LogP contribution in [0.15, 0.2) is 71.6 Å². The maximum Gasteiger partial charge on any atom is 0.243 e. The van der Waals surface area contributed by atoms with Gasteiger partial charge in [0.05, 0.1) is 30.1 Å². The molecule has 4 rings (SSSR count). The first kappa shape index (κ1) is 28.0. The van der Waals surface area contributed by atoms with Crippen molar-refractivity contribution in [2.24, 2.45) is 5.92 Å². The van der Waals surface area contributed by atoms with Gasteiger partial charge in [-0.25, -0.2) is 16.8 Å². The molecule has 1 fully saturated rings. The number of carbonyl (C=O) groups is 1. The van der Waals surface area contributed by atoms with Gasteiger partial charge in [0.1, 0.15) is 6.54 Å². The van der Waals surface area contributed by atoms with Crippen LogP contribution in [0, 0.1) is 5.92 Å². The van der Waals surface area contributed by atoms with Crippen LogP contribution in [0.5, 0.6) is 0 Å². The topological polar surface area (TPSA) is 113 Å². The molecule has 0 radical (unpaired) electrons. The quantitative estimate of drug-likeness (QED) is 0.409. The highest BCUT2D eigenvalue weighted by molar-refractivity contribution is 7.92. The second kappa shape index (κ2) is 11.8. The smallest absolute Gasteiger partial charge is 0.243 e. The van der Waals surface area contributed by atoms with Gasteiger partial charge in [-0.3, -0.25) is 9.10 Å². The molecule has 0 aliphatic carbocycles. The van der Waals surface area contributed by atoms with E-state index >= 15 is 0 Å². The molecule has 3 aromatic carbocycles. The molecule has 1 N–H and O–H groups in total. The van der Waals surface area contributed by atoms with Crippen LogP contribution >= 0.6 is 0 Å². The van der Waals surface area contributed by atoms with E-state index in [2.05, 4.69) is 29.6 Å². The van der Waals surface area contributed by atoms with E-state index in [1.807, 2.05) is 25.1 Å². The molecule has 1 heterocycles. The molecule has 38 heavy (non-hydrogen) atoms. The third-order valence-corrected chi connectivity index (χ3v) is 9.57. The molecule has 1 unspecified atom stereocenters. The monoisotopic (exact) mass is 559 g/mol. The number of nitrogens with one attached hydrogen (secondary N) is 1. The Morgan fingerprint density at radius 3 is 2.32 bits per heavy atom. The molecule has 11 heteroatoms. The lowest BCUT2D eigenvalue weighted by Gasteiger charge is -2.26. The van der Waals surface area contributed by atoms with Crippen LogP contribution in [0.1, 0.15) is 12.5 Å². The number of fused-ring (bicyclic) bond motifs is 1. The van der Waals surface area contributed by atoms with Crippen LogP contribution in [0.4, 0.5) is 5.69 Å². The molecule has 0 aromatic heterocycles. The Labute approximate surface area is 224 Å². The van der Waals surface area contributed by atoms with Crippen molar-refractivity contribution >= 4 is 42.4 Å². The average molecular weight is 560 g/mol. The average Bonchev–Trinajstić information content (AvgIpc) is 2.91. The number of hydrogen-bond acceptors (Lipinski definition) is 6. The highest BCUT2D eigenvalue weighted by atomic mass is 32.2. The largest absolute Gasteiger partial charge is 0.379 e. The van der Waals surface area contributed by atoms with Gasteiger partial charge in [-0.05, 0) is 52.9 Å². The Balaban J connectivity index is 1.39. The van der Waals surface area contributed by atoms with Crippen molar-refractivity contribution < 1.29 is 26.4 Å². The molecular formula is C27H33N3O6S2. The van der Waals surface area contributed by atoms with Crippen molar-refractivity contribution in [2.75, 3.05) is 50.0 Å². The fourth-order valence-corrected chi connectivity index (χ4v) is 6.78. The molecular weight excluding hydrogens is 526 g/mol. The summed E-state index contributed by atoms with van der Waals surface area (Å²) in [6.45, 7) is 3.19. The van der Waals surface area contributed by atoms with Gasteiger partial charge in [-0.1, -0.05) is 49.4 Å². The lowest BCUT2D eigenvalue weighted by atomic mass is 9.96. The molecule has 0 bridgehead atoms. The fourth-order valence-electron chi connectivity index (χ4n) is 4.51. The number of sulfonamides is 2. The van der Waals surface area contributed by atoms with Crippen molar-refractivity contribution in [3.8, 4) is 0 Å². The van der Waals surface area contributed by atoms with E-state index < -0.39 is 32.5 Å². The maximum atomic E-state index is 12.9. The van der Waals surface area contributed by atoms with Crippen LogP contribution in [0.25, 0.3) is 10.8 Å². The Morgan fingerprint density at radius 1 is 0.974 bits per heavy atom. The number of hydrogen-bond donors (Lipinski definition) is 1. The SMILES string of the molecule is CC(CNC(=O)CN(c1ccc(S(=O)(=O)N2CCOCC2)cc1)S(C)(=O)=O)Cc1cccc2ccccc12. The molecule has 3 aromatic rings. The highest BCUT2D eigenvalue weighted by Gasteiger charge is 2.27. The third-order valence-electron chi connectivity index (χ3n) is 6.52. The lowest BCUT2D eigenvalue weighted by molar-refractivity contribution is -0.119. The van der Waals surface area contributed by atoms with E-state index in [0.717, 1.165) is 22.4 Å². The molecule has 0 spiro atoms. The van der Waals surface area contributed by atoms with E-state index in [1.54, 1.807) is 0 Å². The van der Waals surface area contributed by atoms with Gasteiger partial charge in [0.2, 0.25) is 26.0 Å². The summed E-state index contributed by atoms with van der Waals surface area (Å²) >= 11 is 0. The first-order valence-corrected chi connectivity index (χ1v) is 15.7. The van der Waals surface area contributed by atoms with Crippen molar-refractivity contribution in [3.05, 3.63) is 72.3 Å². The predicted octanol–water partition coefficient (Wildman–Crippen LogP) is 2.62. The number of anilines is 1. The van der Waals surface area contributed by atoms with Crippen LogP contribution in [-0.4, -0.2) is 72.7 Å². The highest BCUT2D eigenvalue weighted by Crippen LogP contribution is 2.24. The molecule has 9 nitrogen and oxygen atoms in total. The van der Waals surface area contributed by atoms with E-state index in [4.69, 9.17) is 4.74 Å². The third kappa shape index (κ3) is 6.71. The summed E-state index contributed by atoms with van der Waals surface area (Å²) in [7, 11) is -7.51. The van der Waals surface area contributed by atoms with Gasteiger partial charge in [-0.2, -0.15) is 4.31 Å². The van der Waals surface area contributed by atoms with Gasteiger partial charge < -0.3 is 10.1 Å². The minimum Gasteiger partial charge on any atom is -0.379 e. The Hall–Kier alpha value is -2.99. The summed E-state index contributed by atoms with van der Waals surface area (Å²) < 4.78 is 58.3. The fraction of sp³-hybridized carbons (Fsp3) is 0.370. The van der Waals surface area contributed by atoms with Gasteiger partial charge in [0, 0.05) is 19.6 Å². The zero-order valence-corrected chi connectivity index (χ0v) is 23.2. The summed E-state index contributed by atoms with van der Waals surface area (Å²) in [5.74, 6) is -0.314. The number of morpholine rings is 1. The number of carbonyl (C=O) groups excluding carboxylic acids is 1. The first-order valence-electron chi connectivity index (χ1n) is 12.4. The predicted molar refractivity (Wildman–Crippen MR) is 148 cm³/mol. The van der Waals surface area contributed by atoms with E-state index in [9.17, 15) is 21.6 Å². The number of amides is 1. The Morgan fingerprint density at radius 2 is 1.63 bits per heavy atom. The molecule has 0 saturated carbocycles. The first-order chi connectivity index (χ1) is 18.1. The van der Waals surface area contributed by atoms with Crippen molar-refractivity contribution in [1.29, 1.82) is 0 Å². The van der Waals surface area contributed by atoms with Crippen molar-refractivity contribution in [1.82, 2.24) is 9.62 Å². The number of rotatable bonds is 10. The molecule has 1 aliphatic rings. The van der Waals surface area contributed by atoms with Crippen LogP contribution < -0.4 is 9.62 Å². The van der Waals surface area contributed by atoms with Crippen LogP contribution in [0.2, 0.25) is 0 Å². The summed E-state index contributed by atoms with van der Waals surface area (Å²) in [4.78, 5) is 12.8. The van der Waals surface area contributed by atoms with Gasteiger partial charge >= 0.3 is 0 Å². The summed E-state index contributed by atoms with van der Waals surface area (Å²) in [5, 5.41) is 5.18. The molecule has 204 valence electrons. The summed E-state index contributed by atoms with van der Waals surface area (Å²) in [6, 6.07) is 19.9. The van der Waals surface area contributed by atoms with E-state index in [-0.39, 0.29) is 29.6 Å². The van der Waals surface area contributed by atoms with Gasteiger partial charge in [0.15, 0.2) is 0 Å². The van der Waals surface area contributed by atoms with Crippen molar-refractivity contribution in [2.45, 2.75) is 18.2 Å². The lowest BCUT2D eigenvalue weighted by Crippen LogP contribution is -2.42. The molecule has 1 saturated heterocycles. The van der Waals surface area contributed by atoms with Gasteiger partial charge in [0.25, 0.3) is 0 Å². The molecule has 1 amide bonds. The number of benzene rings is 3. The van der Waals surface area contributed by atoms with E-state index in [0.29, 0.717) is 19.8 Å². The number of ether oxygens (including phenoxy) is 1. The zero-order valence-electron chi connectivity index (χ0n) is 21.5. The van der Waals surface area contributed by atoms with Crippen LogP contribution in [0.3, 0.4) is 0 Å². The van der Waals surface area contributed by atoms with Crippen LogP contribution in [-0.2, 0) is 36.0 Å². The summed E-state index contributed by atoms with van der Waals surface area (Å²) in [6.07, 6.45) is 1.78. The van der Waals surface area contributed by atoms with E-state index in [1.165, 1.54) is 39.5 Å². The maximum absolute atomic E-state index is 12.9. The Kier molecular flexibility index (Phi) is 8.71. The second-order valence-corrected chi connectivity index (χ2v) is 13.4. The van der Waals surface area contributed by atoms with Gasteiger partial charge in [-0.15, -0.1) is 0 Å². The van der Waals surface area contributed by atoms with Crippen molar-refractivity contribution in [3.63, 3.8) is 0 Å². The Bertz CT molecular complexity index is 1480. The molecule has 1 atom stereocenters. The zero-order chi connectivity index (χ0) is 27.3. The standard InChI is InChI=1S/C27H33N3O6S2/c1-21(18-23-8-5-7-22-6-3-4-9-26(22)23)19-28-27(31)20-30(37(2,32)33)24-10-12-25(13-11-24)38(34,35)29-14-16-36-17-15-29/h3-13,21H,14-20H2,1-2H3,(H,28,31). The summed E-state index contributed by atoms with van der Waals surface area (Å²) in [5.41, 5.74) is 1.40. The minimum absolute atomic E-state index is 0.0586. The molecule has 1 aliphatic heterocycles.